The van der Waals surface area contributed by atoms with Crippen LogP contribution in [0.1, 0.15) is 316 Å². The van der Waals surface area contributed by atoms with Gasteiger partial charge in [0, 0.05) is 0 Å². The van der Waals surface area contributed by atoms with Crippen LogP contribution in [0.15, 0.2) is 0 Å². The van der Waals surface area contributed by atoms with Crippen molar-refractivity contribution in [3.8, 4) is 0 Å². The summed E-state index contributed by atoms with van der Waals surface area (Å²) in [7, 11) is 0. The molecule has 0 heterocycles. The molecule has 0 saturated carbocycles. The molecule has 3 nitrogen and oxygen atoms in total. The van der Waals surface area contributed by atoms with E-state index in [1.807, 2.05) is 0 Å². The predicted octanol–water partition coefficient (Wildman–Crippen LogP) is 18.1. The van der Waals surface area contributed by atoms with Gasteiger partial charge in [-0.1, -0.05) is 303 Å². The fraction of sp³-hybridized carbons (Fsp3) is 1.00. The minimum Gasteiger partial charge on any atom is -0.394 e. The summed E-state index contributed by atoms with van der Waals surface area (Å²) in [5, 5.41) is 18.5. The minimum atomic E-state index is -0.735. The molecule has 0 spiro atoms. The summed E-state index contributed by atoms with van der Waals surface area (Å²) in [4.78, 5) is 0. The summed E-state index contributed by atoms with van der Waals surface area (Å²) in [5.74, 6) is 0. The van der Waals surface area contributed by atoms with Gasteiger partial charge in [0.15, 0.2) is 0 Å². The molecule has 0 amide bonds. The molecule has 0 aromatic heterocycles. The number of unbranched alkanes of at least 4 members (excludes halogenated alkanes) is 43. The monoisotopic (exact) mass is 793 g/mol. The molecule has 0 radical (unpaired) electrons. The van der Waals surface area contributed by atoms with Crippen LogP contribution in [0, 0.1) is 0 Å². The molecule has 56 heavy (non-hydrogen) atoms. The zero-order valence-corrected chi connectivity index (χ0v) is 39.1. The van der Waals surface area contributed by atoms with E-state index in [2.05, 4.69) is 13.8 Å². The molecule has 0 rings (SSSR count). The highest BCUT2D eigenvalue weighted by molar-refractivity contribution is 4.61. The molecular weight excluding hydrogens is 685 g/mol. The van der Waals surface area contributed by atoms with E-state index in [9.17, 15) is 5.11 Å². The van der Waals surface area contributed by atoms with Crippen LogP contribution in [-0.2, 0) is 4.74 Å². The maximum atomic E-state index is 9.52. The molecule has 3 heteroatoms. The zero-order valence-electron chi connectivity index (χ0n) is 39.1. The number of rotatable bonds is 51. The van der Waals surface area contributed by atoms with Gasteiger partial charge in [-0.2, -0.15) is 0 Å². The SMILES string of the molecule is CCCCCCCCCCCCCCCCCCCCCCCCCCCCCCCCCCCCCCCCCCCCCCC(CCC)OCC(O)CO. The number of ether oxygens (including phenoxy) is 1. The molecule has 0 fully saturated rings. The first-order valence-corrected chi connectivity index (χ1v) is 26.6. The third kappa shape index (κ3) is 48.3. The van der Waals surface area contributed by atoms with Gasteiger partial charge >= 0.3 is 0 Å². The second kappa shape index (κ2) is 51.0. The number of hydrogen-bond donors (Lipinski definition) is 2. The molecule has 0 saturated heterocycles. The van der Waals surface area contributed by atoms with E-state index in [-0.39, 0.29) is 19.3 Å². The Labute approximate surface area is 354 Å². The average Bonchev–Trinajstić information content (AvgIpc) is 3.21. The van der Waals surface area contributed by atoms with Gasteiger partial charge in [-0.15, -0.1) is 0 Å². The van der Waals surface area contributed by atoms with Gasteiger partial charge in [-0.3, -0.25) is 0 Å². The molecule has 2 unspecified atom stereocenters. The quantitative estimate of drug-likeness (QED) is 0.0603. The Balaban J connectivity index is 3.14. The lowest BCUT2D eigenvalue weighted by Gasteiger charge is -2.18. The third-order valence-electron chi connectivity index (χ3n) is 12.7. The van der Waals surface area contributed by atoms with Crippen molar-refractivity contribution in [1.29, 1.82) is 0 Å². The second-order valence-corrected chi connectivity index (χ2v) is 18.6. The third-order valence-corrected chi connectivity index (χ3v) is 12.7. The van der Waals surface area contributed by atoms with Crippen LogP contribution >= 0.6 is 0 Å². The van der Waals surface area contributed by atoms with Crippen molar-refractivity contribution in [3.63, 3.8) is 0 Å². The van der Waals surface area contributed by atoms with E-state index in [0.717, 1.165) is 19.3 Å². The zero-order chi connectivity index (χ0) is 40.5. The van der Waals surface area contributed by atoms with Crippen LogP contribution in [0.2, 0.25) is 0 Å². The van der Waals surface area contributed by atoms with Crippen LogP contribution in [0.4, 0.5) is 0 Å². The van der Waals surface area contributed by atoms with Gasteiger partial charge in [0.2, 0.25) is 0 Å². The van der Waals surface area contributed by atoms with Crippen molar-refractivity contribution < 1.29 is 14.9 Å². The maximum absolute atomic E-state index is 9.52. The van der Waals surface area contributed by atoms with Crippen molar-refractivity contribution in [2.45, 2.75) is 328 Å². The molecular formula is C53H108O3. The van der Waals surface area contributed by atoms with E-state index in [1.54, 1.807) is 0 Å². The van der Waals surface area contributed by atoms with Crippen LogP contribution in [0.3, 0.4) is 0 Å². The fourth-order valence-electron chi connectivity index (χ4n) is 8.80. The Morgan fingerprint density at radius 2 is 0.500 bits per heavy atom. The van der Waals surface area contributed by atoms with Crippen molar-refractivity contribution in [2.24, 2.45) is 0 Å². The summed E-state index contributed by atoms with van der Waals surface area (Å²) >= 11 is 0. The number of aliphatic hydroxyl groups is 2. The molecule has 338 valence electrons. The summed E-state index contributed by atoms with van der Waals surface area (Å²) in [6.07, 6.45) is 66.8. The summed E-state index contributed by atoms with van der Waals surface area (Å²) in [5.41, 5.74) is 0. The van der Waals surface area contributed by atoms with E-state index in [4.69, 9.17) is 9.84 Å². The standard InChI is InChI=1S/C53H108O3/c1-3-5-6-7-8-9-10-11-12-13-14-15-16-17-18-19-20-21-22-23-24-25-26-27-28-29-30-31-32-33-34-35-36-37-38-39-40-41-42-43-44-45-46-47-49-53(48-4-2)56-51-52(55)50-54/h52-55H,3-51H2,1-2H3. The lowest BCUT2D eigenvalue weighted by atomic mass is 10.0. The van der Waals surface area contributed by atoms with Crippen LogP contribution < -0.4 is 0 Å². The molecule has 0 bridgehead atoms. The van der Waals surface area contributed by atoms with Gasteiger partial charge in [-0.05, 0) is 12.8 Å². The Kier molecular flexibility index (Phi) is 50.9. The van der Waals surface area contributed by atoms with E-state index < -0.39 is 6.10 Å². The highest BCUT2D eigenvalue weighted by Gasteiger charge is 2.11. The minimum absolute atomic E-state index is 0.210. The topological polar surface area (TPSA) is 49.7 Å². The first kappa shape index (κ1) is 55.9. The Morgan fingerprint density at radius 3 is 0.696 bits per heavy atom. The van der Waals surface area contributed by atoms with Crippen LogP contribution in [-0.4, -0.2) is 35.6 Å². The lowest BCUT2D eigenvalue weighted by Crippen LogP contribution is -2.24. The largest absolute Gasteiger partial charge is 0.394 e. The van der Waals surface area contributed by atoms with Crippen molar-refractivity contribution in [2.75, 3.05) is 13.2 Å². The first-order valence-electron chi connectivity index (χ1n) is 26.6. The fourth-order valence-corrected chi connectivity index (χ4v) is 8.80. The molecule has 2 N–H and O–H groups in total. The van der Waals surface area contributed by atoms with Crippen molar-refractivity contribution in [3.05, 3.63) is 0 Å². The van der Waals surface area contributed by atoms with Gasteiger partial charge in [0.25, 0.3) is 0 Å². The van der Waals surface area contributed by atoms with E-state index in [0.29, 0.717) is 0 Å². The van der Waals surface area contributed by atoms with Gasteiger partial charge in [-0.25, -0.2) is 0 Å². The van der Waals surface area contributed by atoms with Crippen LogP contribution in [0.5, 0.6) is 0 Å². The van der Waals surface area contributed by atoms with Gasteiger partial charge in [0.1, 0.15) is 6.10 Å². The summed E-state index contributed by atoms with van der Waals surface area (Å²) in [6, 6.07) is 0. The summed E-state index contributed by atoms with van der Waals surface area (Å²) in [6.45, 7) is 4.55. The lowest BCUT2D eigenvalue weighted by molar-refractivity contribution is -0.0345. The average molecular weight is 793 g/mol. The smallest absolute Gasteiger partial charge is 0.100 e. The normalized spacial score (nSPS) is 12.9. The van der Waals surface area contributed by atoms with E-state index >= 15 is 0 Å². The molecule has 0 aliphatic carbocycles. The molecule has 0 aliphatic rings. The highest BCUT2D eigenvalue weighted by Crippen LogP contribution is 2.19. The first-order chi connectivity index (χ1) is 27.7. The second-order valence-electron chi connectivity index (χ2n) is 18.6. The predicted molar refractivity (Wildman–Crippen MR) is 251 cm³/mol. The van der Waals surface area contributed by atoms with Gasteiger partial charge < -0.3 is 14.9 Å². The Bertz CT molecular complexity index is 667. The van der Waals surface area contributed by atoms with Crippen LogP contribution in [0.25, 0.3) is 0 Å². The molecule has 2 atom stereocenters. The number of aliphatic hydroxyl groups excluding tert-OH is 2. The molecule has 0 aromatic carbocycles. The Morgan fingerprint density at radius 1 is 0.286 bits per heavy atom. The number of hydrogen-bond acceptors (Lipinski definition) is 3. The summed E-state index contributed by atoms with van der Waals surface area (Å²) < 4.78 is 5.81. The molecule has 0 aliphatic heterocycles. The van der Waals surface area contributed by atoms with E-state index in [1.165, 1.54) is 283 Å². The van der Waals surface area contributed by atoms with Crippen molar-refractivity contribution >= 4 is 0 Å². The van der Waals surface area contributed by atoms with Crippen molar-refractivity contribution in [1.82, 2.24) is 0 Å². The Hall–Kier alpha value is -0.120. The molecule has 0 aromatic rings. The maximum Gasteiger partial charge on any atom is 0.100 e. The highest BCUT2D eigenvalue weighted by atomic mass is 16.5. The van der Waals surface area contributed by atoms with Gasteiger partial charge in [0.05, 0.1) is 19.3 Å².